The van der Waals surface area contributed by atoms with E-state index < -0.39 is 22.9 Å². The van der Waals surface area contributed by atoms with Gasteiger partial charge in [0.25, 0.3) is 0 Å². The van der Waals surface area contributed by atoms with Gasteiger partial charge in [-0.25, -0.2) is 0 Å². The van der Waals surface area contributed by atoms with Crippen molar-refractivity contribution in [3.8, 4) is 0 Å². The molecule has 0 aliphatic rings. The van der Waals surface area contributed by atoms with Gasteiger partial charge in [-0.3, -0.25) is 9.78 Å². The molecule has 0 atom stereocenters. The van der Waals surface area contributed by atoms with Crippen molar-refractivity contribution in [1.82, 2.24) is 4.98 Å². The Morgan fingerprint density at radius 3 is 2.41 bits per heavy atom. The van der Waals surface area contributed by atoms with Crippen molar-refractivity contribution in [2.45, 2.75) is 33.4 Å². The van der Waals surface area contributed by atoms with Crippen molar-refractivity contribution >= 4 is 5.78 Å². The van der Waals surface area contributed by atoms with Crippen LogP contribution in [0.3, 0.4) is 0 Å². The van der Waals surface area contributed by atoms with Crippen molar-refractivity contribution in [2.75, 3.05) is 0 Å². The second-order valence-corrected chi connectivity index (χ2v) is 4.49. The average molecular weight is 245 g/mol. The third kappa shape index (κ3) is 2.84. The van der Waals surface area contributed by atoms with Crippen LogP contribution in [0.5, 0.6) is 0 Å². The summed E-state index contributed by atoms with van der Waals surface area (Å²) in [7, 11) is 0. The first-order valence-electron chi connectivity index (χ1n) is 5.26. The predicted molar refractivity (Wildman–Crippen MR) is 57.6 cm³/mol. The molecule has 0 saturated carbocycles. The highest BCUT2D eigenvalue weighted by Crippen LogP contribution is 2.35. The third-order valence-electron chi connectivity index (χ3n) is 2.87. The summed E-state index contributed by atoms with van der Waals surface area (Å²) in [4.78, 5) is 15.6. The number of halogens is 3. The van der Waals surface area contributed by atoms with Crippen LogP contribution >= 0.6 is 0 Å². The lowest BCUT2D eigenvalue weighted by atomic mass is 9.81. The molecule has 2 nitrogen and oxygen atoms in total. The second-order valence-electron chi connectivity index (χ2n) is 4.49. The number of hydrogen-bond acceptors (Lipinski definition) is 2. The summed E-state index contributed by atoms with van der Waals surface area (Å²) in [6, 6.07) is 0.832. The lowest BCUT2D eigenvalue weighted by Crippen LogP contribution is -2.26. The summed E-state index contributed by atoms with van der Waals surface area (Å²) >= 11 is 0. The van der Waals surface area contributed by atoms with E-state index in [1.54, 1.807) is 20.8 Å². The smallest absolute Gasteiger partial charge is 0.294 e. The lowest BCUT2D eigenvalue weighted by Gasteiger charge is -2.22. The molecule has 0 N–H and O–H groups in total. The second kappa shape index (κ2) is 4.47. The van der Waals surface area contributed by atoms with E-state index >= 15 is 0 Å². The molecule has 5 heteroatoms. The molecule has 1 aromatic rings. The van der Waals surface area contributed by atoms with Gasteiger partial charge in [-0.1, -0.05) is 20.8 Å². The number of alkyl halides is 3. The molecule has 0 radical (unpaired) electrons. The van der Waals surface area contributed by atoms with Gasteiger partial charge >= 0.3 is 6.18 Å². The van der Waals surface area contributed by atoms with Gasteiger partial charge in [0.2, 0.25) is 0 Å². The molecule has 0 amide bonds. The van der Waals surface area contributed by atoms with Crippen LogP contribution in [0.15, 0.2) is 18.5 Å². The Hall–Kier alpha value is -1.39. The zero-order valence-electron chi connectivity index (χ0n) is 9.93. The number of aromatic nitrogens is 1. The van der Waals surface area contributed by atoms with Crippen molar-refractivity contribution in [1.29, 1.82) is 0 Å². The molecule has 0 aliphatic carbocycles. The first-order chi connectivity index (χ1) is 7.70. The Morgan fingerprint density at radius 1 is 1.35 bits per heavy atom. The molecule has 0 bridgehead atoms. The zero-order valence-corrected chi connectivity index (χ0v) is 9.93. The minimum Gasteiger partial charge on any atom is -0.294 e. The summed E-state index contributed by atoms with van der Waals surface area (Å²) < 4.78 is 38.2. The first kappa shape index (κ1) is 13.7. The number of hydrogen-bond donors (Lipinski definition) is 0. The Bertz CT molecular complexity index is 424. The summed E-state index contributed by atoms with van der Waals surface area (Å²) in [5.74, 6) is -0.527. The highest BCUT2D eigenvalue weighted by atomic mass is 19.4. The van der Waals surface area contributed by atoms with Crippen LogP contribution in [-0.4, -0.2) is 10.8 Å². The number of carbonyl (C=O) groups excluding carboxylic acids is 1. The fourth-order valence-electron chi connectivity index (χ4n) is 1.35. The van der Waals surface area contributed by atoms with E-state index in [4.69, 9.17) is 0 Å². The molecule has 1 rings (SSSR count). The topological polar surface area (TPSA) is 30.0 Å². The molecule has 0 saturated heterocycles. The van der Waals surface area contributed by atoms with Gasteiger partial charge in [-0.05, 0) is 12.5 Å². The van der Waals surface area contributed by atoms with Gasteiger partial charge in [-0.15, -0.1) is 0 Å². The van der Waals surface area contributed by atoms with Crippen LogP contribution in [0, 0.1) is 5.41 Å². The van der Waals surface area contributed by atoms with Crippen molar-refractivity contribution in [2.24, 2.45) is 5.41 Å². The van der Waals surface area contributed by atoms with E-state index in [0.717, 1.165) is 18.5 Å². The highest BCUT2D eigenvalue weighted by molar-refractivity contribution is 6.01. The van der Waals surface area contributed by atoms with Gasteiger partial charge < -0.3 is 0 Å². The van der Waals surface area contributed by atoms with Crippen molar-refractivity contribution in [3.05, 3.63) is 29.6 Å². The van der Waals surface area contributed by atoms with Crippen LogP contribution in [0.25, 0.3) is 0 Å². The number of nitrogens with zero attached hydrogens (tertiary/aromatic N) is 1. The SMILES string of the molecule is CCC(C)(C)C(=O)c1cnccc1C(F)(F)F. The van der Waals surface area contributed by atoms with E-state index in [1.807, 2.05) is 0 Å². The summed E-state index contributed by atoms with van der Waals surface area (Å²) in [6.07, 6.45) is -2.03. The maximum Gasteiger partial charge on any atom is 0.417 e. The van der Waals surface area contributed by atoms with E-state index in [9.17, 15) is 18.0 Å². The van der Waals surface area contributed by atoms with Gasteiger partial charge in [-0.2, -0.15) is 13.2 Å². The van der Waals surface area contributed by atoms with Crippen LogP contribution < -0.4 is 0 Å². The van der Waals surface area contributed by atoms with Crippen LogP contribution in [0.1, 0.15) is 43.1 Å². The fourth-order valence-corrected chi connectivity index (χ4v) is 1.35. The average Bonchev–Trinajstić information content (AvgIpc) is 2.27. The molecule has 0 aromatic carbocycles. The highest BCUT2D eigenvalue weighted by Gasteiger charge is 2.38. The van der Waals surface area contributed by atoms with Gasteiger partial charge in [0.1, 0.15) is 0 Å². The Balaban J connectivity index is 3.29. The Labute approximate surface area is 97.9 Å². The minimum atomic E-state index is -4.53. The monoisotopic (exact) mass is 245 g/mol. The van der Waals surface area contributed by atoms with Crippen LogP contribution in [0.2, 0.25) is 0 Å². The molecule has 94 valence electrons. The fraction of sp³-hybridized carbons (Fsp3) is 0.500. The predicted octanol–water partition coefficient (Wildman–Crippen LogP) is 3.72. The Kier molecular flexibility index (Phi) is 3.59. The molecule has 0 unspecified atom stereocenters. The number of carbonyl (C=O) groups is 1. The zero-order chi connectivity index (χ0) is 13.3. The van der Waals surface area contributed by atoms with Crippen molar-refractivity contribution < 1.29 is 18.0 Å². The number of rotatable bonds is 3. The Morgan fingerprint density at radius 2 is 1.94 bits per heavy atom. The molecular weight excluding hydrogens is 231 g/mol. The van der Waals surface area contributed by atoms with E-state index in [2.05, 4.69) is 4.98 Å². The maximum atomic E-state index is 12.7. The lowest BCUT2D eigenvalue weighted by molar-refractivity contribution is -0.138. The molecule has 17 heavy (non-hydrogen) atoms. The molecule has 0 fully saturated rings. The normalized spacial score (nSPS) is 12.6. The quantitative estimate of drug-likeness (QED) is 0.759. The van der Waals surface area contributed by atoms with Gasteiger partial charge in [0, 0.05) is 23.4 Å². The van der Waals surface area contributed by atoms with Crippen LogP contribution in [-0.2, 0) is 6.18 Å². The summed E-state index contributed by atoms with van der Waals surface area (Å²) in [5, 5.41) is 0. The largest absolute Gasteiger partial charge is 0.417 e. The van der Waals surface area contributed by atoms with Gasteiger partial charge in [0.05, 0.1) is 5.56 Å². The van der Waals surface area contributed by atoms with Crippen LogP contribution in [0.4, 0.5) is 13.2 Å². The third-order valence-corrected chi connectivity index (χ3v) is 2.87. The maximum absolute atomic E-state index is 12.7. The minimum absolute atomic E-state index is 0.355. The summed E-state index contributed by atoms with van der Waals surface area (Å²) in [5.41, 5.74) is -2.09. The van der Waals surface area contributed by atoms with E-state index in [1.165, 1.54) is 0 Å². The molecular formula is C12H14F3NO. The number of ketones is 1. The molecule has 1 heterocycles. The van der Waals surface area contributed by atoms with E-state index in [0.29, 0.717) is 6.42 Å². The summed E-state index contributed by atoms with van der Waals surface area (Å²) in [6.45, 7) is 5.02. The first-order valence-corrected chi connectivity index (χ1v) is 5.26. The molecule has 0 aliphatic heterocycles. The number of Topliss-reactive ketones (excluding diaryl/α,β-unsaturated/α-hetero) is 1. The number of pyridine rings is 1. The molecule has 0 spiro atoms. The van der Waals surface area contributed by atoms with Gasteiger partial charge in [0.15, 0.2) is 5.78 Å². The molecule has 1 aromatic heterocycles. The van der Waals surface area contributed by atoms with Crippen molar-refractivity contribution in [3.63, 3.8) is 0 Å². The standard InChI is InChI=1S/C12H14F3NO/c1-4-11(2,3)10(17)8-7-16-6-5-9(8)12(13,14)15/h5-7H,4H2,1-3H3. The van der Waals surface area contributed by atoms with E-state index in [-0.39, 0.29) is 5.56 Å².